The van der Waals surface area contributed by atoms with Gasteiger partial charge in [-0.1, -0.05) is 25.2 Å². The van der Waals surface area contributed by atoms with Crippen LogP contribution in [-0.4, -0.2) is 75.0 Å². The molecule has 0 aliphatic heterocycles. The van der Waals surface area contributed by atoms with E-state index in [4.69, 9.17) is 9.47 Å². The van der Waals surface area contributed by atoms with Crippen LogP contribution < -0.4 is 19.1 Å². The fourth-order valence-corrected chi connectivity index (χ4v) is 8.37. The van der Waals surface area contributed by atoms with Crippen molar-refractivity contribution in [1.29, 1.82) is 0 Å². The van der Waals surface area contributed by atoms with E-state index in [2.05, 4.69) is 15.3 Å². The van der Waals surface area contributed by atoms with Gasteiger partial charge in [-0.2, -0.15) is 13.2 Å². The number of phenolic OH excluding ortho intramolecular Hbond substituents is 1. The number of halogens is 4. The number of aromatic nitrogens is 2. The van der Waals surface area contributed by atoms with Gasteiger partial charge in [0, 0.05) is 53.7 Å². The van der Waals surface area contributed by atoms with Crippen LogP contribution in [0.5, 0.6) is 17.2 Å². The Bertz CT molecular complexity index is 1860. The second kappa shape index (κ2) is 14.5. The zero-order chi connectivity index (χ0) is 36.4. The third kappa shape index (κ3) is 7.68. The molecule has 5 rings (SSSR count). The van der Waals surface area contributed by atoms with Crippen molar-refractivity contribution < 1.29 is 40.6 Å². The largest absolute Gasteiger partial charge is 0.506 e. The number of hydrogen-bond acceptors (Lipinski definition) is 9. The van der Waals surface area contributed by atoms with Gasteiger partial charge >= 0.3 is 6.18 Å². The number of methoxy groups -OCH3 is 2. The Hall–Kier alpha value is -4.37. The smallest absolute Gasteiger partial charge is 0.412 e. The summed E-state index contributed by atoms with van der Waals surface area (Å²) in [6, 6.07) is 7.51. The second-order valence-corrected chi connectivity index (χ2v) is 14.9. The maximum Gasteiger partial charge on any atom is 0.412 e. The molecule has 1 unspecified atom stereocenters. The first-order valence-electron chi connectivity index (χ1n) is 16.0. The summed E-state index contributed by atoms with van der Waals surface area (Å²) < 4.78 is 96.5. The van der Waals surface area contributed by atoms with Gasteiger partial charge in [0.2, 0.25) is 0 Å². The lowest BCUT2D eigenvalue weighted by Crippen LogP contribution is -2.50. The summed E-state index contributed by atoms with van der Waals surface area (Å²) in [5, 5.41) is 14.3. The van der Waals surface area contributed by atoms with Crippen LogP contribution in [0.15, 0.2) is 77.6 Å². The van der Waals surface area contributed by atoms with Crippen molar-refractivity contribution in [2.24, 2.45) is 11.3 Å². The summed E-state index contributed by atoms with van der Waals surface area (Å²) in [4.78, 5) is 9.14. The van der Waals surface area contributed by atoms with E-state index >= 15 is 4.39 Å². The number of rotatable bonds is 11. The van der Waals surface area contributed by atoms with E-state index < -0.39 is 43.6 Å². The molecule has 270 valence electrons. The molecule has 2 aromatic carbocycles. The molecule has 3 aromatic rings. The van der Waals surface area contributed by atoms with E-state index in [1.165, 1.54) is 32.6 Å². The molecule has 0 amide bonds. The molecule has 1 fully saturated rings. The van der Waals surface area contributed by atoms with Gasteiger partial charge in [0.25, 0.3) is 10.0 Å². The van der Waals surface area contributed by atoms with E-state index in [9.17, 15) is 26.7 Å². The number of sulfonamides is 1. The van der Waals surface area contributed by atoms with Crippen molar-refractivity contribution in [3.8, 4) is 17.2 Å². The van der Waals surface area contributed by atoms with Gasteiger partial charge in [-0.25, -0.2) is 27.1 Å². The number of allylic oxidation sites excluding steroid dienone is 4. The summed E-state index contributed by atoms with van der Waals surface area (Å²) in [7, 11) is 1.95. The topological polar surface area (TPSA) is 117 Å². The van der Waals surface area contributed by atoms with Gasteiger partial charge in [0.05, 0.1) is 26.5 Å². The number of nitrogens with one attached hydrogen (secondary N) is 1. The summed E-state index contributed by atoms with van der Waals surface area (Å²) in [6.07, 6.45) is 4.12. The van der Waals surface area contributed by atoms with Crippen LogP contribution in [0, 0.1) is 17.2 Å². The maximum atomic E-state index is 15.9. The monoisotopic (exact) mass is 719 g/mol. The molecule has 0 saturated heterocycles. The van der Waals surface area contributed by atoms with Crippen molar-refractivity contribution in [2.45, 2.75) is 62.3 Å². The number of alkyl halides is 3. The number of anilines is 2. The molecule has 1 saturated carbocycles. The van der Waals surface area contributed by atoms with Gasteiger partial charge in [-0.05, 0) is 63.2 Å². The van der Waals surface area contributed by atoms with Crippen LogP contribution in [-0.2, 0) is 16.6 Å². The highest BCUT2D eigenvalue weighted by atomic mass is 32.2. The van der Waals surface area contributed by atoms with Crippen LogP contribution in [0.1, 0.15) is 38.2 Å². The van der Waals surface area contributed by atoms with Crippen molar-refractivity contribution >= 4 is 21.5 Å². The first kappa shape index (κ1) is 36.9. The normalized spacial score (nSPS) is 22.6. The Morgan fingerprint density at radius 2 is 1.86 bits per heavy atom. The third-order valence-corrected chi connectivity index (χ3v) is 11.5. The van der Waals surface area contributed by atoms with Gasteiger partial charge < -0.3 is 24.8 Å². The molecular formula is C35H41F4N5O5S. The average molecular weight is 720 g/mol. The summed E-state index contributed by atoms with van der Waals surface area (Å²) in [5.41, 5.74) is -0.824. The summed E-state index contributed by atoms with van der Waals surface area (Å²) in [5.74, 6) is -0.880. The molecule has 1 aromatic heterocycles. The lowest BCUT2D eigenvalue weighted by Gasteiger charge is -2.47. The van der Waals surface area contributed by atoms with Crippen LogP contribution in [0.25, 0.3) is 0 Å². The lowest BCUT2D eigenvalue weighted by atomic mass is 9.63. The SMILES string of the molecule is COc1ccc(CN(c2ccncn2)S(=O)(=O)c2cc(O)c(N[C@H]3CC[C@H](C4(C)C=CC=C(C(F)(F)F)C4)C[C@@H]3N(C)C)cc2F)c(OC)c1. The molecule has 15 heteroatoms. The molecule has 1 heterocycles. The van der Waals surface area contributed by atoms with E-state index in [0.717, 1.165) is 28.8 Å². The van der Waals surface area contributed by atoms with E-state index in [1.54, 1.807) is 18.2 Å². The van der Waals surface area contributed by atoms with E-state index in [0.29, 0.717) is 36.3 Å². The van der Waals surface area contributed by atoms with Crippen molar-refractivity contribution in [3.63, 3.8) is 0 Å². The molecule has 2 N–H and O–H groups in total. The molecular weight excluding hydrogens is 678 g/mol. The first-order valence-corrected chi connectivity index (χ1v) is 17.4. The molecule has 0 spiro atoms. The zero-order valence-electron chi connectivity index (χ0n) is 28.4. The average Bonchev–Trinajstić information content (AvgIpc) is 3.08. The van der Waals surface area contributed by atoms with Crippen LogP contribution in [0.4, 0.5) is 29.1 Å². The Morgan fingerprint density at radius 3 is 2.50 bits per heavy atom. The lowest BCUT2D eigenvalue weighted by molar-refractivity contribution is -0.0982. The molecule has 50 heavy (non-hydrogen) atoms. The number of likely N-dealkylation sites (N-methyl/N-ethyl adjacent to an activating group) is 1. The van der Waals surface area contributed by atoms with Crippen LogP contribution >= 0.6 is 0 Å². The predicted molar refractivity (Wildman–Crippen MR) is 181 cm³/mol. The maximum absolute atomic E-state index is 15.9. The Balaban J connectivity index is 1.40. The molecule has 2 aliphatic rings. The van der Waals surface area contributed by atoms with Crippen molar-refractivity contribution in [2.75, 3.05) is 37.9 Å². The summed E-state index contributed by atoms with van der Waals surface area (Å²) >= 11 is 0. The highest BCUT2D eigenvalue weighted by Gasteiger charge is 2.45. The zero-order valence-corrected chi connectivity index (χ0v) is 29.2. The number of hydrogen-bond donors (Lipinski definition) is 2. The van der Waals surface area contributed by atoms with Crippen LogP contribution in [0.2, 0.25) is 0 Å². The highest BCUT2D eigenvalue weighted by Crippen LogP contribution is 2.49. The van der Waals surface area contributed by atoms with Gasteiger partial charge in [0.15, 0.2) is 0 Å². The number of ether oxygens (including phenoxy) is 2. The first-order chi connectivity index (χ1) is 23.6. The molecule has 0 bridgehead atoms. The highest BCUT2D eigenvalue weighted by molar-refractivity contribution is 7.92. The Labute approximate surface area is 289 Å². The van der Waals surface area contributed by atoms with Gasteiger partial charge in [0.1, 0.15) is 40.1 Å². The van der Waals surface area contributed by atoms with Crippen molar-refractivity contribution in [3.05, 3.63) is 84.1 Å². The van der Waals surface area contributed by atoms with Crippen LogP contribution in [0.3, 0.4) is 0 Å². The third-order valence-electron chi connectivity index (χ3n) is 9.71. The summed E-state index contributed by atoms with van der Waals surface area (Å²) in [6.45, 7) is 1.55. The number of benzene rings is 2. The Morgan fingerprint density at radius 1 is 1.10 bits per heavy atom. The molecule has 2 aliphatic carbocycles. The molecule has 0 radical (unpaired) electrons. The number of aromatic hydroxyl groups is 1. The minimum atomic E-state index is -4.67. The van der Waals surface area contributed by atoms with Gasteiger partial charge in [-0.3, -0.25) is 0 Å². The van der Waals surface area contributed by atoms with Crippen molar-refractivity contribution in [1.82, 2.24) is 14.9 Å². The molecule has 10 nitrogen and oxygen atoms in total. The number of nitrogens with zero attached hydrogens (tertiary/aromatic N) is 4. The van der Waals surface area contributed by atoms with E-state index in [1.807, 2.05) is 32.0 Å². The quantitative estimate of drug-likeness (QED) is 0.165. The standard InChI is InChI=1S/C35H41F4N5O5S/c1-34(13-6-7-24(19-34)35(37,38)39)23-9-11-27(29(15-23)43(2)3)42-28-17-26(36)32(18-30(28)45)50(46,47)44(33-12-14-40-21-41-33)20-22-8-10-25(48-4)16-31(22)49-5/h6-8,10,12-14,16-18,21,23,27,29,42,45H,9,11,15,19-20H2,1-5H3/t23-,27-,29-,34?/m0/s1. The molecule has 4 atom stereocenters. The minimum absolute atomic E-state index is 0.00627. The fraction of sp³-hybridized carbons (Fsp3) is 0.429. The minimum Gasteiger partial charge on any atom is -0.506 e. The predicted octanol–water partition coefficient (Wildman–Crippen LogP) is 6.70. The van der Waals surface area contributed by atoms with Gasteiger partial charge in [-0.15, -0.1) is 0 Å². The van der Waals surface area contributed by atoms with E-state index in [-0.39, 0.29) is 42.5 Å². The second-order valence-electron chi connectivity index (χ2n) is 13.1. The number of phenols is 1. The fourth-order valence-electron chi connectivity index (χ4n) is 6.90. The Kier molecular flexibility index (Phi) is 10.7.